The summed E-state index contributed by atoms with van der Waals surface area (Å²) in [5.41, 5.74) is 2.27. The summed E-state index contributed by atoms with van der Waals surface area (Å²) in [5, 5.41) is 2.96. The van der Waals surface area contributed by atoms with Crippen LogP contribution in [0.15, 0.2) is 36.4 Å². The fourth-order valence-corrected chi connectivity index (χ4v) is 3.41. The molecule has 0 spiro atoms. The minimum absolute atomic E-state index is 0.261. The molecular weight excluding hydrogens is 344 g/mol. The SMILES string of the molecule is COc1ccc(C(=O)Nc2cccc(N3CCCCC3)c2)c(OC)c1OC. The predicted octanol–water partition coefficient (Wildman–Crippen LogP) is 3.96. The quantitative estimate of drug-likeness (QED) is 0.834. The maximum absolute atomic E-state index is 12.8. The van der Waals surface area contributed by atoms with Crippen molar-refractivity contribution < 1.29 is 19.0 Å². The molecule has 2 aromatic rings. The number of carbonyl (C=O) groups is 1. The van der Waals surface area contributed by atoms with Gasteiger partial charge in [0.15, 0.2) is 11.5 Å². The minimum Gasteiger partial charge on any atom is -0.493 e. The molecule has 0 bridgehead atoms. The van der Waals surface area contributed by atoms with E-state index in [-0.39, 0.29) is 5.91 Å². The maximum atomic E-state index is 12.8. The first kappa shape index (κ1) is 18.9. The third-order valence-electron chi connectivity index (χ3n) is 4.77. The van der Waals surface area contributed by atoms with Crippen molar-refractivity contribution in [1.82, 2.24) is 0 Å². The van der Waals surface area contributed by atoms with E-state index in [1.807, 2.05) is 18.2 Å². The topological polar surface area (TPSA) is 60.0 Å². The van der Waals surface area contributed by atoms with Crippen molar-refractivity contribution >= 4 is 17.3 Å². The number of anilines is 2. The average molecular weight is 370 g/mol. The van der Waals surface area contributed by atoms with E-state index in [1.165, 1.54) is 33.5 Å². The van der Waals surface area contributed by atoms with E-state index in [4.69, 9.17) is 14.2 Å². The minimum atomic E-state index is -0.261. The number of benzene rings is 2. The van der Waals surface area contributed by atoms with Gasteiger partial charge in [-0.2, -0.15) is 0 Å². The first-order chi connectivity index (χ1) is 13.2. The van der Waals surface area contributed by atoms with Crippen LogP contribution in [0.25, 0.3) is 0 Å². The molecule has 0 radical (unpaired) electrons. The lowest BCUT2D eigenvalue weighted by Crippen LogP contribution is -2.29. The Morgan fingerprint density at radius 2 is 1.67 bits per heavy atom. The fraction of sp³-hybridized carbons (Fsp3) is 0.381. The van der Waals surface area contributed by atoms with Gasteiger partial charge in [-0.05, 0) is 49.6 Å². The predicted molar refractivity (Wildman–Crippen MR) is 107 cm³/mol. The Morgan fingerprint density at radius 3 is 2.33 bits per heavy atom. The third kappa shape index (κ3) is 4.10. The van der Waals surface area contributed by atoms with Crippen molar-refractivity contribution in [3.05, 3.63) is 42.0 Å². The summed E-state index contributed by atoms with van der Waals surface area (Å²) < 4.78 is 16.0. The number of hydrogen-bond acceptors (Lipinski definition) is 5. The third-order valence-corrected chi connectivity index (χ3v) is 4.77. The van der Waals surface area contributed by atoms with Crippen LogP contribution in [-0.4, -0.2) is 40.3 Å². The van der Waals surface area contributed by atoms with Crippen LogP contribution >= 0.6 is 0 Å². The number of nitrogens with one attached hydrogen (secondary N) is 1. The van der Waals surface area contributed by atoms with Crippen LogP contribution in [0.2, 0.25) is 0 Å². The molecule has 0 aliphatic carbocycles. The summed E-state index contributed by atoms with van der Waals surface area (Å²) in [6, 6.07) is 11.3. The summed E-state index contributed by atoms with van der Waals surface area (Å²) in [7, 11) is 4.57. The summed E-state index contributed by atoms with van der Waals surface area (Å²) in [4.78, 5) is 15.2. The second-order valence-electron chi connectivity index (χ2n) is 6.43. The van der Waals surface area contributed by atoms with Gasteiger partial charge in [0, 0.05) is 24.5 Å². The molecular formula is C21H26N2O4. The maximum Gasteiger partial charge on any atom is 0.259 e. The van der Waals surface area contributed by atoms with Gasteiger partial charge in [-0.25, -0.2) is 0 Å². The van der Waals surface area contributed by atoms with Gasteiger partial charge in [-0.1, -0.05) is 6.07 Å². The Hall–Kier alpha value is -2.89. The zero-order chi connectivity index (χ0) is 19.2. The molecule has 3 rings (SSSR count). The first-order valence-corrected chi connectivity index (χ1v) is 9.13. The summed E-state index contributed by atoms with van der Waals surface area (Å²) in [5.74, 6) is 0.998. The van der Waals surface area contributed by atoms with Crippen LogP contribution in [0, 0.1) is 0 Å². The molecule has 27 heavy (non-hydrogen) atoms. The zero-order valence-corrected chi connectivity index (χ0v) is 16.1. The number of piperidine rings is 1. The summed E-state index contributed by atoms with van der Waals surface area (Å²) >= 11 is 0. The van der Waals surface area contributed by atoms with Crippen molar-refractivity contribution in [1.29, 1.82) is 0 Å². The second-order valence-corrected chi connectivity index (χ2v) is 6.43. The number of carbonyl (C=O) groups excluding carboxylic acids is 1. The van der Waals surface area contributed by atoms with Crippen LogP contribution < -0.4 is 24.4 Å². The van der Waals surface area contributed by atoms with E-state index < -0.39 is 0 Å². The Labute approximate surface area is 160 Å². The van der Waals surface area contributed by atoms with E-state index in [2.05, 4.69) is 16.3 Å². The van der Waals surface area contributed by atoms with Crippen molar-refractivity contribution in [2.45, 2.75) is 19.3 Å². The van der Waals surface area contributed by atoms with E-state index in [1.54, 1.807) is 19.2 Å². The second kappa shape index (κ2) is 8.66. The van der Waals surface area contributed by atoms with Gasteiger partial charge in [-0.15, -0.1) is 0 Å². The van der Waals surface area contributed by atoms with Gasteiger partial charge in [0.2, 0.25) is 5.75 Å². The number of amides is 1. The fourth-order valence-electron chi connectivity index (χ4n) is 3.41. The van der Waals surface area contributed by atoms with Crippen LogP contribution in [0.3, 0.4) is 0 Å². The molecule has 0 atom stereocenters. The number of ether oxygens (including phenoxy) is 3. The number of methoxy groups -OCH3 is 3. The Balaban J connectivity index is 1.83. The molecule has 6 nitrogen and oxygen atoms in total. The Kier molecular flexibility index (Phi) is 6.06. The van der Waals surface area contributed by atoms with Crippen molar-refractivity contribution in [2.24, 2.45) is 0 Å². The standard InChI is InChI=1S/C21H26N2O4/c1-25-18-11-10-17(19(26-2)20(18)27-3)21(24)22-15-8-7-9-16(14-15)23-12-5-4-6-13-23/h7-11,14H,4-6,12-13H2,1-3H3,(H,22,24). The molecule has 6 heteroatoms. The molecule has 144 valence electrons. The van der Waals surface area contributed by atoms with Gasteiger partial charge in [0.25, 0.3) is 5.91 Å². The van der Waals surface area contributed by atoms with E-state index in [9.17, 15) is 4.79 Å². The molecule has 0 saturated carbocycles. The van der Waals surface area contributed by atoms with Crippen LogP contribution in [-0.2, 0) is 0 Å². The highest BCUT2D eigenvalue weighted by molar-refractivity contribution is 6.07. The monoisotopic (exact) mass is 370 g/mol. The first-order valence-electron chi connectivity index (χ1n) is 9.13. The van der Waals surface area contributed by atoms with Gasteiger partial charge in [0.05, 0.1) is 26.9 Å². The molecule has 1 heterocycles. The molecule has 1 saturated heterocycles. The summed E-state index contributed by atoms with van der Waals surface area (Å²) in [6.07, 6.45) is 3.70. The number of hydrogen-bond donors (Lipinski definition) is 1. The lowest BCUT2D eigenvalue weighted by molar-refractivity contribution is 0.102. The van der Waals surface area contributed by atoms with Gasteiger partial charge in [0.1, 0.15) is 0 Å². The Morgan fingerprint density at radius 1 is 0.926 bits per heavy atom. The molecule has 0 unspecified atom stereocenters. The Bertz CT molecular complexity index is 801. The molecule has 2 aromatic carbocycles. The smallest absolute Gasteiger partial charge is 0.259 e. The van der Waals surface area contributed by atoms with Crippen molar-refractivity contribution in [2.75, 3.05) is 44.6 Å². The van der Waals surface area contributed by atoms with E-state index >= 15 is 0 Å². The van der Waals surface area contributed by atoms with Crippen LogP contribution in [0.4, 0.5) is 11.4 Å². The highest BCUT2D eigenvalue weighted by Gasteiger charge is 2.21. The van der Waals surface area contributed by atoms with Crippen LogP contribution in [0.5, 0.6) is 17.2 Å². The van der Waals surface area contributed by atoms with Gasteiger partial charge < -0.3 is 24.4 Å². The highest BCUT2D eigenvalue weighted by atomic mass is 16.5. The number of rotatable bonds is 6. The summed E-state index contributed by atoms with van der Waals surface area (Å²) in [6.45, 7) is 2.11. The zero-order valence-electron chi connectivity index (χ0n) is 16.1. The molecule has 1 aliphatic rings. The van der Waals surface area contributed by atoms with E-state index in [0.29, 0.717) is 22.8 Å². The molecule has 0 aromatic heterocycles. The molecule has 1 N–H and O–H groups in total. The van der Waals surface area contributed by atoms with Crippen LogP contribution in [0.1, 0.15) is 29.6 Å². The molecule has 1 aliphatic heterocycles. The van der Waals surface area contributed by atoms with Gasteiger partial charge >= 0.3 is 0 Å². The lowest BCUT2D eigenvalue weighted by Gasteiger charge is -2.29. The highest BCUT2D eigenvalue weighted by Crippen LogP contribution is 2.40. The van der Waals surface area contributed by atoms with Crippen molar-refractivity contribution in [3.63, 3.8) is 0 Å². The van der Waals surface area contributed by atoms with Gasteiger partial charge in [-0.3, -0.25) is 4.79 Å². The van der Waals surface area contributed by atoms with Crippen molar-refractivity contribution in [3.8, 4) is 17.2 Å². The lowest BCUT2D eigenvalue weighted by atomic mass is 10.1. The molecule has 1 fully saturated rings. The normalized spacial score (nSPS) is 13.8. The number of nitrogens with zero attached hydrogens (tertiary/aromatic N) is 1. The average Bonchev–Trinajstić information content (AvgIpc) is 2.73. The van der Waals surface area contributed by atoms with E-state index in [0.717, 1.165) is 24.5 Å². The molecule has 1 amide bonds. The largest absolute Gasteiger partial charge is 0.493 e.